The molecule has 1 aromatic rings. The van der Waals surface area contributed by atoms with E-state index in [0.29, 0.717) is 12.0 Å². The van der Waals surface area contributed by atoms with Crippen molar-refractivity contribution in [3.8, 4) is 0 Å². The summed E-state index contributed by atoms with van der Waals surface area (Å²) in [6, 6.07) is 0.392. The van der Waals surface area contributed by atoms with E-state index in [9.17, 15) is 0 Å². The first-order chi connectivity index (χ1) is 9.58. The number of hydrogen-bond acceptors (Lipinski definition) is 5. The number of anilines is 2. The lowest BCUT2D eigenvalue weighted by atomic mass is 10.0. The van der Waals surface area contributed by atoms with Gasteiger partial charge in [-0.3, -0.25) is 0 Å². The number of nitrogens with zero attached hydrogens (tertiary/aromatic N) is 3. The topological polar surface area (TPSA) is 50.3 Å². The molecule has 1 aromatic heterocycles. The fourth-order valence-corrected chi connectivity index (χ4v) is 2.79. The molecule has 2 heterocycles. The Morgan fingerprint density at radius 3 is 2.80 bits per heavy atom. The Morgan fingerprint density at radius 1 is 1.45 bits per heavy atom. The van der Waals surface area contributed by atoms with Crippen LogP contribution in [-0.4, -0.2) is 42.3 Å². The molecule has 0 aliphatic carbocycles. The van der Waals surface area contributed by atoms with E-state index in [4.69, 9.17) is 4.74 Å². The molecule has 0 aromatic carbocycles. The van der Waals surface area contributed by atoms with E-state index in [0.717, 1.165) is 31.2 Å². The first-order valence-electron chi connectivity index (χ1n) is 7.49. The molecular formula is C15H26N4O. The zero-order valence-electron chi connectivity index (χ0n) is 13.2. The molecule has 0 amide bonds. The van der Waals surface area contributed by atoms with Crippen LogP contribution in [0.15, 0.2) is 6.33 Å². The van der Waals surface area contributed by atoms with Crippen LogP contribution in [0.4, 0.5) is 11.6 Å². The maximum atomic E-state index is 5.79. The summed E-state index contributed by atoms with van der Waals surface area (Å²) in [5.74, 6) is 2.37. The number of hydrogen-bond donors (Lipinski definition) is 1. The molecule has 1 N–H and O–H groups in total. The molecule has 5 nitrogen and oxygen atoms in total. The summed E-state index contributed by atoms with van der Waals surface area (Å²) in [5, 5.41) is 3.19. The van der Waals surface area contributed by atoms with E-state index < -0.39 is 0 Å². The van der Waals surface area contributed by atoms with Crippen molar-refractivity contribution < 1.29 is 4.74 Å². The number of rotatable bonds is 4. The molecule has 2 atom stereocenters. The monoisotopic (exact) mass is 278 g/mol. The zero-order chi connectivity index (χ0) is 14.7. The van der Waals surface area contributed by atoms with E-state index >= 15 is 0 Å². The van der Waals surface area contributed by atoms with Gasteiger partial charge in [0.05, 0.1) is 18.8 Å². The molecule has 2 unspecified atom stereocenters. The fraction of sp³-hybridized carbons (Fsp3) is 0.733. The van der Waals surface area contributed by atoms with Crippen molar-refractivity contribution in [1.29, 1.82) is 0 Å². The molecule has 1 fully saturated rings. The van der Waals surface area contributed by atoms with Crippen LogP contribution in [0.2, 0.25) is 0 Å². The maximum absolute atomic E-state index is 5.79. The van der Waals surface area contributed by atoms with Gasteiger partial charge in [-0.25, -0.2) is 9.97 Å². The molecule has 0 bridgehead atoms. The Labute approximate surface area is 121 Å². The summed E-state index contributed by atoms with van der Waals surface area (Å²) in [5.41, 5.74) is 1.20. The molecule has 2 rings (SSSR count). The summed E-state index contributed by atoms with van der Waals surface area (Å²) < 4.78 is 5.79. The van der Waals surface area contributed by atoms with Gasteiger partial charge in [-0.05, 0) is 19.3 Å². The van der Waals surface area contributed by atoms with E-state index in [1.165, 1.54) is 5.56 Å². The molecular weight excluding hydrogens is 252 g/mol. The molecule has 0 saturated carbocycles. The van der Waals surface area contributed by atoms with Crippen LogP contribution in [-0.2, 0) is 4.74 Å². The van der Waals surface area contributed by atoms with Crippen LogP contribution in [0, 0.1) is 0 Å². The molecule has 0 spiro atoms. The quantitative estimate of drug-likeness (QED) is 0.917. The first kappa shape index (κ1) is 15.0. The Kier molecular flexibility index (Phi) is 4.81. The van der Waals surface area contributed by atoms with Gasteiger partial charge >= 0.3 is 0 Å². The smallest absolute Gasteiger partial charge is 0.137 e. The van der Waals surface area contributed by atoms with E-state index in [2.05, 4.69) is 47.9 Å². The second-order valence-electron chi connectivity index (χ2n) is 5.72. The number of morpholine rings is 1. The van der Waals surface area contributed by atoms with Gasteiger partial charge in [-0.2, -0.15) is 0 Å². The predicted molar refractivity (Wildman–Crippen MR) is 82.5 cm³/mol. The van der Waals surface area contributed by atoms with Gasteiger partial charge in [-0.1, -0.05) is 20.8 Å². The molecule has 1 aliphatic heterocycles. The standard InChI is InChI=1S/C15H26N4O/c1-6-12-8-20-11(4)7-19(12)15-13(10(2)3)14(16-5)17-9-18-15/h9-12H,6-8H2,1-5H3,(H,16,17,18). The van der Waals surface area contributed by atoms with Gasteiger partial charge in [0.15, 0.2) is 0 Å². The van der Waals surface area contributed by atoms with Gasteiger partial charge in [0, 0.05) is 19.2 Å². The summed E-state index contributed by atoms with van der Waals surface area (Å²) in [4.78, 5) is 11.3. The van der Waals surface area contributed by atoms with Crippen molar-refractivity contribution in [2.45, 2.75) is 52.2 Å². The largest absolute Gasteiger partial charge is 0.375 e. The zero-order valence-corrected chi connectivity index (χ0v) is 13.2. The van der Waals surface area contributed by atoms with Crippen LogP contribution in [0.25, 0.3) is 0 Å². The van der Waals surface area contributed by atoms with Crippen LogP contribution < -0.4 is 10.2 Å². The minimum atomic E-state index is 0.241. The second kappa shape index (κ2) is 6.39. The average molecular weight is 278 g/mol. The van der Waals surface area contributed by atoms with Gasteiger partial charge < -0.3 is 15.0 Å². The van der Waals surface area contributed by atoms with Gasteiger partial charge in [0.25, 0.3) is 0 Å². The van der Waals surface area contributed by atoms with Crippen molar-refractivity contribution in [2.75, 3.05) is 30.4 Å². The highest BCUT2D eigenvalue weighted by Gasteiger charge is 2.29. The van der Waals surface area contributed by atoms with Crippen LogP contribution in [0.5, 0.6) is 0 Å². The van der Waals surface area contributed by atoms with Gasteiger partial charge in [0.1, 0.15) is 18.0 Å². The first-order valence-corrected chi connectivity index (χ1v) is 7.49. The van der Waals surface area contributed by atoms with Crippen molar-refractivity contribution in [1.82, 2.24) is 9.97 Å². The Hall–Kier alpha value is -1.36. The minimum Gasteiger partial charge on any atom is -0.375 e. The van der Waals surface area contributed by atoms with Crippen molar-refractivity contribution >= 4 is 11.6 Å². The fourth-order valence-electron chi connectivity index (χ4n) is 2.79. The predicted octanol–water partition coefficient (Wildman–Crippen LogP) is 2.65. The van der Waals surface area contributed by atoms with E-state index in [1.54, 1.807) is 6.33 Å². The van der Waals surface area contributed by atoms with Crippen LogP contribution in [0.3, 0.4) is 0 Å². The lowest BCUT2D eigenvalue weighted by molar-refractivity contribution is 0.0295. The average Bonchev–Trinajstić information content (AvgIpc) is 2.46. The minimum absolute atomic E-state index is 0.241. The Morgan fingerprint density at radius 2 is 2.20 bits per heavy atom. The molecule has 5 heteroatoms. The molecule has 112 valence electrons. The highest BCUT2D eigenvalue weighted by molar-refractivity contribution is 5.60. The number of aromatic nitrogens is 2. The lowest BCUT2D eigenvalue weighted by Gasteiger charge is -2.40. The maximum Gasteiger partial charge on any atom is 0.137 e. The van der Waals surface area contributed by atoms with E-state index in [-0.39, 0.29) is 6.10 Å². The molecule has 20 heavy (non-hydrogen) atoms. The summed E-state index contributed by atoms with van der Waals surface area (Å²) in [6.07, 6.45) is 2.95. The Bertz CT molecular complexity index is 449. The van der Waals surface area contributed by atoms with Crippen molar-refractivity contribution in [2.24, 2.45) is 0 Å². The third-order valence-electron chi connectivity index (χ3n) is 3.89. The number of nitrogens with one attached hydrogen (secondary N) is 1. The summed E-state index contributed by atoms with van der Waals surface area (Å²) >= 11 is 0. The Balaban J connectivity index is 2.44. The molecule has 1 aliphatic rings. The highest BCUT2D eigenvalue weighted by atomic mass is 16.5. The molecule has 1 saturated heterocycles. The van der Waals surface area contributed by atoms with Crippen molar-refractivity contribution in [3.63, 3.8) is 0 Å². The van der Waals surface area contributed by atoms with Crippen LogP contribution >= 0.6 is 0 Å². The SMILES string of the molecule is CCC1COC(C)CN1c1ncnc(NC)c1C(C)C. The van der Waals surface area contributed by atoms with Crippen molar-refractivity contribution in [3.05, 3.63) is 11.9 Å². The van der Waals surface area contributed by atoms with Crippen LogP contribution in [0.1, 0.15) is 45.6 Å². The third-order valence-corrected chi connectivity index (χ3v) is 3.89. The lowest BCUT2D eigenvalue weighted by Crippen LogP contribution is -2.49. The summed E-state index contributed by atoms with van der Waals surface area (Å²) in [6.45, 7) is 10.4. The van der Waals surface area contributed by atoms with Gasteiger partial charge in [0.2, 0.25) is 0 Å². The summed E-state index contributed by atoms with van der Waals surface area (Å²) in [7, 11) is 1.91. The normalized spacial score (nSPS) is 23.2. The highest BCUT2D eigenvalue weighted by Crippen LogP contribution is 2.33. The van der Waals surface area contributed by atoms with E-state index in [1.807, 2.05) is 7.05 Å². The third kappa shape index (κ3) is 2.87. The molecule has 0 radical (unpaired) electrons. The van der Waals surface area contributed by atoms with Gasteiger partial charge in [-0.15, -0.1) is 0 Å². The second-order valence-corrected chi connectivity index (χ2v) is 5.72. The number of ether oxygens (including phenoxy) is 1.